The van der Waals surface area contributed by atoms with Crippen LogP contribution in [0, 0.1) is 0 Å². The van der Waals surface area contributed by atoms with E-state index in [-0.39, 0.29) is 13.2 Å². The van der Waals surface area contributed by atoms with Crippen LogP contribution >= 0.6 is 0 Å². The van der Waals surface area contributed by atoms with Crippen molar-refractivity contribution in [3.05, 3.63) is 0 Å². The monoisotopic (exact) mass is 280 g/mol. The zero-order valence-corrected chi connectivity index (χ0v) is 12.6. The minimum Gasteiger partial charge on any atom is -0.248 e. The molecule has 0 amide bonds. The van der Waals surface area contributed by atoms with Crippen LogP contribution in [0.1, 0.15) is 71.6 Å². The minimum atomic E-state index is -3.76. The molecule has 0 aromatic carbocycles. The van der Waals surface area contributed by atoms with Crippen LogP contribution in [-0.2, 0) is 18.8 Å². The Hall–Kier alpha value is -0.130. The van der Waals surface area contributed by atoms with E-state index < -0.39 is 10.4 Å². The fourth-order valence-corrected chi connectivity index (χ4v) is 2.30. The van der Waals surface area contributed by atoms with Gasteiger partial charge in [-0.05, 0) is 12.8 Å². The molecule has 0 radical (unpaired) electrons. The van der Waals surface area contributed by atoms with Gasteiger partial charge in [-0.2, -0.15) is 8.42 Å². The van der Waals surface area contributed by atoms with Crippen LogP contribution in [0.4, 0.5) is 0 Å². The summed E-state index contributed by atoms with van der Waals surface area (Å²) in [5.41, 5.74) is 0. The van der Waals surface area contributed by atoms with E-state index in [9.17, 15) is 8.42 Å². The molecule has 0 atom stereocenters. The maximum Gasteiger partial charge on any atom is 0.399 e. The van der Waals surface area contributed by atoms with E-state index in [2.05, 4.69) is 13.8 Å². The molecule has 0 aromatic rings. The molecule has 0 fully saturated rings. The fraction of sp³-hybridized carbons (Fsp3) is 1.00. The number of unbranched alkanes of at least 4 members (excludes halogenated alkanes) is 7. The zero-order chi connectivity index (χ0) is 13.7. The van der Waals surface area contributed by atoms with Gasteiger partial charge in [-0.15, -0.1) is 0 Å². The highest BCUT2D eigenvalue weighted by Gasteiger charge is 2.10. The van der Waals surface area contributed by atoms with Crippen molar-refractivity contribution in [3.8, 4) is 0 Å². The average Bonchev–Trinajstić information content (AvgIpc) is 2.33. The number of hydrogen-bond donors (Lipinski definition) is 0. The van der Waals surface area contributed by atoms with Crippen molar-refractivity contribution >= 4 is 10.4 Å². The molecule has 0 saturated heterocycles. The molecule has 0 saturated carbocycles. The van der Waals surface area contributed by atoms with Gasteiger partial charge in [-0.1, -0.05) is 58.8 Å². The summed E-state index contributed by atoms with van der Waals surface area (Å²) in [5.74, 6) is 0. The molecule has 4 nitrogen and oxygen atoms in total. The summed E-state index contributed by atoms with van der Waals surface area (Å²) < 4.78 is 32.1. The maximum absolute atomic E-state index is 11.3. The van der Waals surface area contributed by atoms with Crippen molar-refractivity contribution in [2.24, 2.45) is 0 Å². The predicted molar refractivity (Wildman–Crippen MR) is 73.7 cm³/mol. The molecule has 0 rings (SSSR count). The lowest BCUT2D eigenvalue weighted by atomic mass is 10.2. The highest BCUT2D eigenvalue weighted by atomic mass is 32.3. The largest absolute Gasteiger partial charge is 0.399 e. The Balaban J connectivity index is 3.43. The third-order valence-electron chi connectivity index (χ3n) is 2.70. The van der Waals surface area contributed by atoms with Gasteiger partial charge in [0.2, 0.25) is 0 Å². The average molecular weight is 280 g/mol. The van der Waals surface area contributed by atoms with Crippen LogP contribution in [-0.4, -0.2) is 21.6 Å². The SMILES string of the molecule is CCCCCCCOS(=O)(=O)OCCCCCC. The summed E-state index contributed by atoms with van der Waals surface area (Å²) in [7, 11) is -3.76. The van der Waals surface area contributed by atoms with Crippen molar-refractivity contribution in [2.45, 2.75) is 71.6 Å². The van der Waals surface area contributed by atoms with E-state index in [1.807, 2.05) is 0 Å². The lowest BCUT2D eigenvalue weighted by Crippen LogP contribution is -2.12. The van der Waals surface area contributed by atoms with Crippen LogP contribution in [0.5, 0.6) is 0 Å². The first-order valence-electron chi connectivity index (χ1n) is 7.16. The molecular weight excluding hydrogens is 252 g/mol. The molecule has 0 N–H and O–H groups in total. The second-order valence-corrected chi connectivity index (χ2v) is 5.81. The van der Waals surface area contributed by atoms with Crippen molar-refractivity contribution < 1.29 is 16.8 Å². The Morgan fingerprint density at radius 3 is 1.50 bits per heavy atom. The predicted octanol–water partition coefficient (Wildman–Crippen LogP) is 3.82. The third-order valence-corrected chi connectivity index (χ3v) is 3.61. The molecule has 0 aliphatic rings. The third kappa shape index (κ3) is 12.3. The van der Waals surface area contributed by atoms with Gasteiger partial charge in [0.05, 0.1) is 13.2 Å². The van der Waals surface area contributed by atoms with Gasteiger partial charge in [0.25, 0.3) is 0 Å². The second kappa shape index (κ2) is 11.9. The van der Waals surface area contributed by atoms with Gasteiger partial charge in [-0.25, -0.2) is 8.37 Å². The molecule has 5 heteroatoms. The quantitative estimate of drug-likeness (QED) is 0.481. The van der Waals surface area contributed by atoms with Crippen molar-refractivity contribution in [2.75, 3.05) is 13.2 Å². The lowest BCUT2D eigenvalue weighted by Gasteiger charge is -2.05. The van der Waals surface area contributed by atoms with Crippen LogP contribution in [0.25, 0.3) is 0 Å². The van der Waals surface area contributed by atoms with Gasteiger partial charge in [0.1, 0.15) is 0 Å². The van der Waals surface area contributed by atoms with Gasteiger partial charge >= 0.3 is 10.4 Å². The van der Waals surface area contributed by atoms with E-state index in [0.717, 1.165) is 44.9 Å². The summed E-state index contributed by atoms with van der Waals surface area (Å²) in [6.45, 7) is 4.73. The highest BCUT2D eigenvalue weighted by Crippen LogP contribution is 2.06. The summed E-state index contributed by atoms with van der Waals surface area (Å²) in [6.07, 6.45) is 9.31. The molecule has 0 bridgehead atoms. The van der Waals surface area contributed by atoms with E-state index >= 15 is 0 Å². The van der Waals surface area contributed by atoms with E-state index in [4.69, 9.17) is 8.37 Å². The second-order valence-electron chi connectivity index (χ2n) is 4.53. The molecule has 110 valence electrons. The normalized spacial score (nSPS) is 11.9. The van der Waals surface area contributed by atoms with Crippen LogP contribution in [0.15, 0.2) is 0 Å². The molecule has 0 unspecified atom stereocenters. The fourth-order valence-electron chi connectivity index (χ4n) is 1.59. The van der Waals surface area contributed by atoms with Crippen molar-refractivity contribution in [3.63, 3.8) is 0 Å². The Labute approximate surface area is 112 Å². The molecule has 0 aliphatic heterocycles. The molecule has 0 spiro atoms. The van der Waals surface area contributed by atoms with Crippen LogP contribution in [0.2, 0.25) is 0 Å². The smallest absolute Gasteiger partial charge is 0.248 e. The summed E-state index contributed by atoms with van der Waals surface area (Å²) in [6, 6.07) is 0. The van der Waals surface area contributed by atoms with Gasteiger partial charge < -0.3 is 0 Å². The van der Waals surface area contributed by atoms with Crippen molar-refractivity contribution in [1.29, 1.82) is 0 Å². The summed E-state index contributed by atoms with van der Waals surface area (Å²) in [5, 5.41) is 0. The number of hydrogen-bond acceptors (Lipinski definition) is 4. The summed E-state index contributed by atoms with van der Waals surface area (Å²) >= 11 is 0. The van der Waals surface area contributed by atoms with Gasteiger partial charge in [0.15, 0.2) is 0 Å². The Kier molecular flexibility index (Phi) is 11.8. The van der Waals surface area contributed by atoms with Gasteiger partial charge in [0, 0.05) is 0 Å². The first-order chi connectivity index (χ1) is 8.62. The van der Waals surface area contributed by atoms with E-state index in [1.165, 1.54) is 12.8 Å². The molecular formula is C13H28O4S. The number of rotatable bonds is 13. The molecule has 0 heterocycles. The van der Waals surface area contributed by atoms with Crippen molar-refractivity contribution in [1.82, 2.24) is 0 Å². The van der Waals surface area contributed by atoms with Crippen LogP contribution in [0.3, 0.4) is 0 Å². The Morgan fingerprint density at radius 1 is 0.667 bits per heavy atom. The minimum absolute atomic E-state index is 0.234. The van der Waals surface area contributed by atoms with Gasteiger partial charge in [-0.3, -0.25) is 0 Å². The zero-order valence-electron chi connectivity index (χ0n) is 11.8. The maximum atomic E-state index is 11.3. The Bertz CT molecular complexity index is 262. The molecule has 0 aliphatic carbocycles. The first-order valence-corrected chi connectivity index (χ1v) is 8.49. The standard InChI is InChI=1S/C13H28O4S/c1-3-5-7-9-11-13-17-18(14,15)16-12-10-8-6-4-2/h3-13H2,1-2H3. The lowest BCUT2D eigenvalue weighted by molar-refractivity contribution is 0.208. The summed E-state index contributed by atoms with van der Waals surface area (Å²) in [4.78, 5) is 0. The topological polar surface area (TPSA) is 52.6 Å². The van der Waals surface area contributed by atoms with Crippen LogP contribution < -0.4 is 0 Å². The Morgan fingerprint density at radius 2 is 1.06 bits per heavy atom. The highest BCUT2D eigenvalue weighted by molar-refractivity contribution is 7.81. The van der Waals surface area contributed by atoms with E-state index in [0.29, 0.717) is 0 Å². The van der Waals surface area contributed by atoms with E-state index in [1.54, 1.807) is 0 Å². The first kappa shape index (κ1) is 17.9. The molecule has 18 heavy (non-hydrogen) atoms. The molecule has 0 aromatic heterocycles.